The Morgan fingerprint density at radius 2 is 0.889 bits per heavy atom. The standard InChI is InChI=1S/BO3.Na.4H2O/c2-1(3)4;;;;;/h;;4*1H2/q-1;+1;;;;. The van der Waals surface area contributed by atoms with Crippen LogP contribution < -0.4 is 34.6 Å². The van der Waals surface area contributed by atoms with Gasteiger partial charge < -0.3 is 26.9 Å². The van der Waals surface area contributed by atoms with Crippen molar-refractivity contribution < 1.29 is 66.5 Å². The smallest absolute Gasteiger partial charge is 0.828 e. The van der Waals surface area contributed by atoms with Crippen LogP contribution in [0.25, 0.3) is 0 Å². The van der Waals surface area contributed by atoms with Gasteiger partial charge in [-0.1, -0.05) is 0 Å². The first-order valence-electron chi connectivity index (χ1n) is 0.707. The van der Waals surface area contributed by atoms with Crippen molar-refractivity contribution in [2.75, 3.05) is 0 Å². The average molecular weight is 154 g/mol. The molecule has 0 aromatic carbocycles. The topological polar surface area (TPSA) is 189 Å². The summed E-state index contributed by atoms with van der Waals surface area (Å²) >= 11 is 0. The van der Waals surface area contributed by atoms with E-state index in [0.717, 1.165) is 0 Å². The van der Waals surface area contributed by atoms with Crippen LogP contribution >= 0.6 is 0 Å². The van der Waals surface area contributed by atoms with Crippen LogP contribution in [-0.2, 0) is 10.0 Å². The van der Waals surface area contributed by atoms with Crippen LogP contribution in [0.15, 0.2) is 0 Å². The van der Waals surface area contributed by atoms with Crippen LogP contribution in [0.4, 0.5) is 0 Å². The fourth-order valence-corrected chi connectivity index (χ4v) is 0. The van der Waals surface area contributed by atoms with E-state index in [2.05, 4.69) is 0 Å². The molecular weight excluding hydrogens is 146 g/mol. The van der Waals surface area contributed by atoms with E-state index < -0.39 is 7.32 Å². The molecule has 0 spiro atoms. The van der Waals surface area contributed by atoms with Crippen LogP contribution in [0, 0.1) is 0 Å². The quantitative estimate of drug-likeness (QED) is 0.307. The van der Waals surface area contributed by atoms with Gasteiger partial charge in [0.15, 0.2) is 0 Å². The molecule has 7 nitrogen and oxygen atoms in total. The Labute approximate surface area is 74.0 Å². The summed E-state index contributed by atoms with van der Waals surface area (Å²) in [7, 11) is -2.92. The van der Waals surface area contributed by atoms with E-state index in [4.69, 9.17) is 15.1 Å². The molecule has 0 saturated carbocycles. The molecule has 9 heteroatoms. The normalized spacial score (nSPS) is 3.00. The van der Waals surface area contributed by atoms with Crippen LogP contribution in [0.1, 0.15) is 0 Å². The monoisotopic (exact) mass is 154 g/mol. The Hall–Kier alpha value is 0.785. The molecule has 0 saturated heterocycles. The largest absolute Gasteiger partial charge is 1.00 e. The van der Waals surface area contributed by atoms with Crippen molar-refractivity contribution in [2.45, 2.75) is 0 Å². The fraction of sp³-hybridized carbons (Fsp3) is 0. The summed E-state index contributed by atoms with van der Waals surface area (Å²) in [5.41, 5.74) is 0. The van der Waals surface area contributed by atoms with Crippen LogP contribution in [0.2, 0.25) is 0 Å². The first-order chi connectivity index (χ1) is 1.73. The van der Waals surface area contributed by atoms with E-state index in [0.29, 0.717) is 0 Å². The zero-order valence-electron chi connectivity index (χ0n) is 4.80. The number of hydrogen-bond acceptors (Lipinski definition) is 1. The van der Waals surface area contributed by atoms with Gasteiger partial charge in [-0.05, 0) is 0 Å². The van der Waals surface area contributed by atoms with Crippen molar-refractivity contribution in [3.63, 3.8) is 0 Å². The Morgan fingerprint density at radius 1 is 0.889 bits per heavy atom. The van der Waals surface area contributed by atoms with Gasteiger partial charge in [-0.25, -0.2) is 0 Å². The van der Waals surface area contributed by atoms with Crippen molar-refractivity contribution in [1.29, 1.82) is 0 Å². The molecule has 9 heavy (non-hydrogen) atoms. The molecule has 8 N–H and O–H groups in total. The van der Waals surface area contributed by atoms with E-state index in [1.807, 2.05) is 0 Å². The summed E-state index contributed by atoms with van der Waals surface area (Å²) in [6.45, 7) is 0. The predicted molar refractivity (Wildman–Crippen MR) is 21.6 cm³/mol. The molecule has 0 fully saturated rings. The Balaban J connectivity index is -0.00000000450. The summed E-state index contributed by atoms with van der Waals surface area (Å²) in [6, 6.07) is 0. The molecule has 0 aromatic rings. The average Bonchev–Trinajstić information content (AvgIpc) is 0.811. The number of hydrogen-bond donors (Lipinski definition) is 0. The Kier molecular flexibility index (Phi) is 218. The molecule has 0 aliphatic heterocycles. The molecule has 0 aliphatic carbocycles. The molecule has 0 amide bonds. The maximum atomic E-state index is 8.42. The molecular formula is H8BNaO7. The third-order valence-electron chi connectivity index (χ3n) is 0. The van der Waals surface area contributed by atoms with E-state index >= 15 is 0 Å². The molecule has 0 heterocycles. The maximum Gasteiger partial charge on any atom is 1.00 e. The van der Waals surface area contributed by atoms with Gasteiger partial charge >= 0.3 is 36.9 Å². The molecule has 0 rings (SSSR count). The predicted octanol–water partition coefficient (Wildman–Crippen LogP) is -8.10. The van der Waals surface area contributed by atoms with Gasteiger partial charge in [0.2, 0.25) is 0 Å². The Morgan fingerprint density at radius 3 is 0.889 bits per heavy atom. The van der Waals surface area contributed by atoms with Gasteiger partial charge in [-0.2, -0.15) is 0 Å². The Bertz CT molecular complexity index is 13.6. The maximum absolute atomic E-state index is 8.42. The second-order valence-corrected chi connectivity index (χ2v) is 0.289. The second-order valence-electron chi connectivity index (χ2n) is 0.289. The SMILES string of the molecule is O.O.O.O.[Na+].[O]B([O])[O-]. The van der Waals surface area contributed by atoms with Gasteiger partial charge in [0.05, 0.1) is 0 Å². The van der Waals surface area contributed by atoms with Crippen LogP contribution in [0.3, 0.4) is 0 Å². The zero-order chi connectivity index (χ0) is 3.58. The molecule has 0 aromatic heterocycles. The molecule has 0 unspecified atom stereocenters. The minimum atomic E-state index is -2.92. The number of rotatable bonds is 0. The van der Waals surface area contributed by atoms with E-state index in [1.54, 1.807) is 0 Å². The van der Waals surface area contributed by atoms with Crippen LogP contribution in [-0.4, -0.2) is 29.2 Å². The van der Waals surface area contributed by atoms with E-state index in [1.165, 1.54) is 0 Å². The van der Waals surface area contributed by atoms with Gasteiger partial charge in [0, 0.05) is 0 Å². The van der Waals surface area contributed by atoms with Crippen molar-refractivity contribution in [2.24, 2.45) is 0 Å². The first-order valence-corrected chi connectivity index (χ1v) is 0.707. The van der Waals surface area contributed by atoms with Crippen LogP contribution in [0.5, 0.6) is 0 Å². The summed E-state index contributed by atoms with van der Waals surface area (Å²) in [4.78, 5) is 0. The molecule has 54 valence electrons. The molecule has 0 bridgehead atoms. The summed E-state index contributed by atoms with van der Waals surface area (Å²) in [5, 5.41) is 25.2. The van der Waals surface area contributed by atoms with E-state index in [9.17, 15) is 0 Å². The fourth-order valence-electron chi connectivity index (χ4n) is 0. The third-order valence-corrected chi connectivity index (χ3v) is 0. The van der Waals surface area contributed by atoms with Gasteiger partial charge in [-0.15, -0.1) is 0 Å². The van der Waals surface area contributed by atoms with Gasteiger partial charge in [0.1, 0.15) is 0 Å². The van der Waals surface area contributed by atoms with Gasteiger partial charge in [-0.3, -0.25) is 10.0 Å². The van der Waals surface area contributed by atoms with Crippen molar-refractivity contribution in [1.82, 2.24) is 0 Å². The molecule has 0 aliphatic rings. The van der Waals surface area contributed by atoms with Gasteiger partial charge in [0.25, 0.3) is 0 Å². The summed E-state index contributed by atoms with van der Waals surface area (Å²) in [6.07, 6.45) is 0. The minimum absolute atomic E-state index is 0. The molecule has 0 atom stereocenters. The zero-order valence-corrected chi connectivity index (χ0v) is 6.80. The minimum Gasteiger partial charge on any atom is -0.828 e. The third kappa shape index (κ3) is 656. The first kappa shape index (κ1) is 52.7. The van der Waals surface area contributed by atoms with E-state index in [-0.39, 0.29) is 51.5 Å². The van der Waals surface area contributed by atoms with Crippen molar-refractivity contribution in [3.05, 3.63) is 0 Å². The molecule has 2 radical (unpaired) electrons. The van der Waals surface area contributed by atoms with Crippen molar-refractivity contribution in [3.8, 4) is 0 Å². The second kappa shape index (κ2) is 37.2. The summed E-state index contributed by atoms with van der Waals surface area (Å²) in [5.74, 6) is 0. The van der Waals surface area contributed by atoms with Crippen molar-refractivity contribution >= 4 is 7.32 Å². The summed E-state index contributed by atoms with van der Waals surface area (Å²) < 4.78 is 0.